The number of hydrogen-bond acceptors (Lipinski definition) is 5. The molecule has 0 rings (SSSR count). The van der Waals surface area contributed by atoms with Crippen molar-refractivity contribution < 1.29 is 27.9 Å². The summed E-state index contributed by atoms with van der Waals surface area (Å²) in [7, 11) is -3.93. The van der Waals surface area contributed by atoms with Crippen LogP contribution in [0.3, 0.4) is 0 Å². The van der Waals surface area contributed by atoms with E-state index in [-0.39, 0.29) is 6.04 Å². The van der Waals surface area contributed by atoms with Crippen LogP contribution in [0.1, 0.15) is 27.2 Å². The average molecular weight is 308 g/mol. The Balaban J connectivity index is 4.67. The Morgan fingerprint density at radius 2 is 1.75 bits per heavy atom. The maximum Gasteiger partial charge on any atom is 0.327 e. The van der Waals surface area contributed by atoms with Crippen LogP contribution in [0, 0.1) is 0 Å². The lowest BCUT2D eigenvalue weighted by Crippen LogP contribution is -2.46. The normalized spacial score (nSPS) is 14.2. The number of sulfone groups is 1. The number of carboxylic acids is 1. The van der Waals surface area contributed by atoms with Crippen molar-refractivity contribution in [3.63, 3.8) is 0 Å². The molecule has 20 heavy (non-hydrogen) atoms. The highest BCUT2D eigenvalue weighted by atomic mass is 32.2. The molecule has 0 aliphatic carbocycles. The zero-order valence-corrected chi connectivity index (χ0v) is 12.5. The molecule has 0 spiro atoms. The molecule has 8 nitrogen and oxygen atoms in total. The molecule has 0 bridgehead atoms. The topological polar surface area (TPSA) is 130 Å². The van der Waals surface area contributed by atoms with Crippen molar-refractivity contribution in [3.05, 3.63) is 0 Å². The fourth-order valence-electron chi connectivity index (χ4n) is 1.35. The highest BCUT2D eigenvalue weighted by molar-refractivity contribution is 7.92. The lowest BCUT2D eigenvalue weighted by Gasteiger charge is -2.15. The lowest BCUT2D eigenvalue weighted by atomic mass is 10.3. The number of amides is 2. The smallest absolute Gasteiger partial charge is 0.327 e. The molecule has 0 aromatic rings. The summed E-state index contributed by atoms with van der Waals surface area (Å²) in [5.74, 6) is -4.44. The van der Waals surface area contributed by atoms with Gasteiger partial charge in [-0.1, -0.05) is 6.92 Å². The molecule has 9 heteroatoms. The van der Waals surface area contributed by atoms with E-state index in [9.17, 15) is 22.8 Å². The summed E-state index contributed by atoms with van der Waals surface area (Å²) in [6.07, 6.45) is 0.648. The highest BCUT2D eigenvalue weighted by Crippen LogP contribution is 1.98. The molecule has 0 saturated heterocycles. The molecule has 0 heterocycles. The molecular weight excluding hydrogens is 288 g/mol. The molecule has 3 N–H and O–H groups in total. The number of carbonyl (C=O) groups excluding carboxylic acids is 2. The van der Waals surface area contributed by atoms with Gasteiger partial charge in [0, 0.05) is 13.0 Å². The Morgan fingerprint density at radius 3 is 2.15 bits per heavy atom. The van der Waals surface area contributed by atoms with Crippen LogP contribution in [0.4, 0.5) is 0 Å². The van der Waals surface area contributed by atoms with Crippen molar-refractivity contribution >= 4 is 27.6 Å². The Hall–Kier alpha value is -1.64. The van der Waals surface area contributed by atoms with Crippen LogP contribution in [0.5, 0.6) is 0 Å². The first-order valence-electron chi connectivity index (χ1n) is 6.07. The molecule has 116 valence electrons. The Kier molecular flexibility index (Phi) is 7.19. The van der Waals surface area contributed by atoms with Gasteiger partial charge in [0.25, 0.3) is 0 Å². The monoisotopic (exact) mass is 308 g/mol. The van der Waals surface area contributed by atoms with Gasteiger partial charge >= 0.3 is 5.97 Å². The van der Waals surface area contributed by atoms with Crippen LogP contribution < -0.4 is 10.6 Å². The second-order valence-electron chi connectivity index (χ2n) is 4.52. The van der Waals surface area contributed by atoms with Gasteiger partial charge in [-0.2, -0.15) is 0 Å². The van der Waals surface area contributed by atoms with E-state index in [2.05, 4.69) is 5.32 Å². The first-order chi connectivity index (χ1) is 9.07. The van der Waals surface area contributed by atoms with Gasteiger partial charge in [0.2, 0.25) is 11.8 Å². The zero-order valence-electron chi connectivity index (χ0n) is 11.7. The molecule has 0 saturated carbocycles. The predicted molar refractivity (Wildman–Crippen MR) is 71.8 cm³/mol. The molecule has 0 aliphatic heterocycles. The molecular formula is C11H20N2O6S. The minimum absolute atomic E-state index is 0.164. The molecule has 2 amide bonds. The van der Waals surface area contributed by atoms with Crippen molar-refractivity contribution in [3.8, 4) is 0 Å². The van der Waals surface area contributed by atoms with Gasteiger partial charge < -0.3 is 15.7 Å². The van der Waals surface area contributed by atoms with Gasteiger partial charge in [-0.25, -0.2) is 13.2 Å². The fraction of sp³-hybridized carbons (Fsp3) is 0.727. The summed E-state index contributed by atoms with van der Waals surface area (Å²) in [4.78, 5) is 33.1. The van der Waals surface area contributed by atoms with E-state index < -0.39 is 45.2 Å². The largest absolute Gasteiger partial charge is 0.480 e. The standard InChI is InChI=1S/C11H20N2O6S/c1-4-7(2)12-10(15)6-20(18,19)5-9(11(16)17)13-8(3)14/h7,9H,4-6H2,1-3H3,(H,12,15)(H,13,14)(H,16,17)/t7?,9-/m0/s1. The minimum Gasteiger partial charge on any atom is -0.480 e. The number of hydrogen-bond donors (Lipinski definition) is 3. The number of aliphatic carboxylic acids is 1. The molecule has 0 aromatic heterocycles. The van der Waals surface area contributed by atoms with Crippen molar-refractivity contribution in [1.82, 2.24) is 10.6 Å². The number of nitrogens with one attached hydrogen (secondary N) is 2. The van der Waals surface area contributed by atoms with Crippen molar-refractivity contribution in [2.45, 2.75) is 39.3 Å². The third-order valence-electron chi connectivity index (χ3n) is 2.47. The summed E-state index contributed by atoms with van der Waals surface area (Å²) in [6.45, 7) is 4.64. The fourth-order valence-corrected chi connectivity index (χ4v) is 2.69. The average Bonchev–Trinajstić information content (AvgIpc) is 2.25. The third kappa shape index (κ3) is 7.72. The van der Waals surface area contributed by atoms with Crippen LogP contribution in [-0.4, -0.2) is 54.9 Å². The van der Waals surface area contributed by atoms with Crippen molar-refractivity contribution in [1.29, 1.82) is 0 Å². The number of carbonyl (C=O) groups is 3. The first-order valence-corrected chi connectivity index (χ1v) is 7.89. The van der Waals surface area contributed by atoms with Crippen LogP contribution in [0.15, 0.2) is 0 Å². The van der Waals surface area contributed by atoms with Gasteiger partial charge in [-0.15, -0.1) is 0 Å². The zero-order chi connectivity index (χ0) is 15.9. The SMILES string of the molecule is CCC(C)NC(=O)CS(=O)(=O)C[C@H](NC(C)=O)C(=O)O. The van der Waals surface area contributed by atoms with Gasteiger partial charge in [0.1, 0.15) is 11.8 Å². The van der Waals surface area contributed by atoms with Crippen LogP contribution in [0.25, 0.3) is 0 Å². The van der Waals surface area contributed by atoms with E-state index in [1.807, 2.05) is 12.2 Å². The molecule has 2 atom stereocenters. The second kappa shape index (κ2) is 7.83. The predicted octanol–water partition coefficient (Wildman–Crippen LogP) is -1.09. The third-order valence-corrected chi connectivity index (χ3v) is 4.01. The summed E-state index contributed by atoms with van der Waals surface area (Å²) < 4.78 is 23.5. The van der Waals surface area contributed by atoms with Gasteiger partial charge in [0.05, 0.1) is 5.75 Å². The Morgan fingerprint density at radius 1 is 1.20 bits per heavy atom. The maximum absolute atomic E-state index is 11.7. The molecule has 0 aliphatic rings. The Bertz CT molecular complexity index is 473. The molecule has 1 unspecified atom stereocenters. The van der Waals surface area contributed by atoms with E-state index in [4.69, 9.17) is 5.11 Å². The van der Waals surface area contributed by atoms with E-state index in [1.165, 1.54) is 0 Å². The van der Waals surface area contributed by atoms with Gasteiger partial charge in [-0.05, 0) is 13.3 Å². The summed E-state index contributed by atoms with van der Waals surface area (Å²) in [5, 5.41) is 13.3. The van der Waals surface area contributed by atoms with Crippen LogP contribution >= 0.6 is 0 Å². The summed E-state index contributed by atoms with van der Waals surface area (Å²) in [5.41, 5.74) is 0. The lowest BCUT2D eigenvalue weighted by molar-refractivity contribution is -0.140. The molecule has 0 fully saturated rings. The number of rotatable bonds is 8. The molecule has 0 radical (unpaired) electrons. The highest BCUT2D eigenvalue weighted by Gasteiger charge is 2.27. The van der Waals surface area contributed by atoms with Crippen molar-refractivity contribution in [2.24, 2.45) is 0 Å². The van der Waals surface area contributed by atoms with E-state index >= 15 is 0 Å². The minimum atomic E-state index is -3.93. The van der Waals surface area contributed by atoms with Gasteiger partial charge in [-0.3, -0.25) is 9.59 Å². The Labute approximate surface area is 117 Å². The number of carboxylic acid groups (broad SMARTS) is 1. The molecule has 0 aromatic carbocycles. The first kappa shape index (κ1) is 18.4. The van der Waals surface area contributed by atoms with Crippen LogP contribution in [0.2, 0.25) is 0 Å². The van der Waals surface area contributed by atoms with Gasteiger partial charge in [0.15, 0.2) is 9.84 Å². The second-order valence-corrected chi connectivity index (χ2v) is 6.63. The van der Waals surface area contributed by atoms with E-state index in [0.717, 1.165) is 6.92 Å². The maximum atomic E-state index is 11.7. The van der Waals surface area contributed by atoms with E-state index in [1.54, 1.807) is 6.92 Å². The van der Waals surface area contributed by atoms with Crippen molar-refractivity contribution in [2.75, 3.05) is 11.5 Å². The van der Waals surface area contributed by atoms with Crippen LogP contribution in [-0.2, 0) is 24.2 Å². The summed E-state index contributed by atoms with van der Waals surface area (Å²) >= 11 is 0. The summed E-state index contributed by atoms with van der Waals surface area (Å²) in [6, 6.07) is -1.72. The quantitative estimate of drug-likeness (QED) is 0.522. The van der Waals surface area contributed by atoms with E-state index in [0.29, 0.717) is 6.42 Å².